The van der Waals surface area contributed by atoms with Gasteiger partial charge in [0.05, 0.1) is 23.6 Å². The molecule has 3 rings (SSSR count). The zero-order valence-corrected chi connectivity index (χ0v) is 14.0. The van der Waals surface area contributed by atoms with Gasteiger partial charge in [-0.3, -0.25) is 9.59 Å². The second-order valence-corrected chi connectivity index (χ2v) is 6.83. The van der Waals surface area contributed by atoms with Crippen LogP contribution in [0.25, 0.3) is 10.2 Å². The monoisotopic (exact) mass is 352 g/mol. The third kappa shape index (κ3) is 3.49. The number of ether oxygens (including phenoxy) is 1. The van der Waals surface area contributed by atoms with Crippen molar-refractivity contribution in [3.05, 3.63) is 23.2 Å². The van der Waals surface area contributed by atoms with Crippen molar-refractivity contribution in [3.63, 3.8) is 0 Å². The van der Waals surface area contributed by atoms with Crippen molar-refractivity contribution in [2.24, 2.45) is 0 Å². The molecule has 1 aliphatic heterocycles. The molecule has 1 unspecified atom stereocenters. The van der Waals surface area contributed by atoms with Gasteiger partial charge in [-0.05, 0) is 12.1 Å². The average molecular weight is 352 g/mol. The van der Waals surface area contributed by atoms with Crippen LogP contribution in [0.15, 0.2) is 18.2 Å². The molecule has 1 aromatic carbocycles. The summed E-state index contributed by atoms with van der Waals surface area (Å²) >= 11 is 5.02. The highest BCUT2D eigenvalue weighted by molar-refractivity contribution is 7.96. The molecule has 1 saturated heterocycles. The third-order valence-corrected chi connectivity index (χ3v) is 5.06. The van der Waals surface area contributed by atoms with Gasteiger partial charge in [-0.25, -0.2) is 4.98 Å². The minimum absolute atomic E-state index is 0.162. The van der Waals surface area contributed by atoms with E-state index in [0.29, 0.717) is 18.2 Å². The molecule has 0 radical (unpaired) electrons. The van der Waals surface area contributed by atoms with E-state index in [1.165, 1.54) is 11.3 Å². The van der Waals surface area contributed by atoms with Crippen molar-refractivity contribution in [2.75, 3.05) is 31.2 Å². The fourth-order valence-electron chi connectivity index (χ4n) is 2.61. The summed E-state index contributed by atoms with van der Waals surface area (Å²) in [7, 11) is 0. The minimum atomic E-state index is -1.06. The van der Waals surface area contributed by atoms with Crippen LogP contribution < -0.4 is 4.90 Å². The Labute approximate surface area is 142 Å². The maximum absolute atomic E-state index is 11.5. The maximum atomic E-state index is 11.5. The Balaban J connectivity index is 2.00. The summed E-state index contributed by atoms with van der Waals surface area (Å²) in [6.45, 7) is 2.89. The number of hydrogen-bond acceptors (Lipinski definition) is 6. The van der Waals surface area contributed by atoms with E-state index in [1.54, 1.807) is 0 Å². The number of fused-ring (bicyclic) bond motifs is 1. The van der Waals surface area contributed by atoms with Crippen LogP contribution >= 0.6 is 24.0 Å². The summed E-state index contributed by atoms with van der Waals surface area (Å²) in [5, 5.41) is 9.36. The summed E-state index contributed by atoms with van der Waals surface area (Å²) in [5.41, 5.74) is 1.77. The van der Waals surface area contributed by atoms with Crippen LogP contribution in [0.2, 0.25) is 0 Å². The molecule has 2 aromatic rings. The molecule has 1 aliphatic rings. The van der Waals surface area contributed by atoms with E-state index in [-0.39, 0.29) is 6.42 Å². The molecular weight excluding hydrogens is 336 g/mol. The number of carbonyl (C=O) groups excluding carboxylic acids is 1. The van der Waals surface area contributed by atoms with Crippen molar-refractivity contribution in [3.8, 4) is 0 Å². The van der Waals surface area contributed by atoms with Gasteiger partial charge in [-0.1, -0.05) is 6.07 Å². The van der Waals surface area contributed by atoms with Gasteiger partial charge in [0.15, 0.2) is 5.12 Å². The first-order valence-corrected chi connectivity index (χ1v) is 8.49. The number of carboxylic acid groups (broad SMARTS) is 1. The normalized spacial score (nSPS) is 16.5. The number of nitrogens with zero attached hydrogens (tertiary/aromatic N) is 2. The Bertz CT molecular complexity index is 740. The van der Waals surface area contributed by atoms with Gasteiger partial charge in [0.1, 0.15) is 16.4 Å². The highest BCUT2D eigenvalue weighted by atomic mass is 32.1. The number of aliphatic carboxylic acids is 1. The van der Waals surface area contributed by atoms with Gasteiger partial charge in [-0.2, -0.15) is 0 Å². The Morgan fingerprint density at radius 1 is 1.39 bits per heavy atom. The number of hydrogen-bond donors (Lipinski definition) is 2. The summed E-state index contributed by atoms with van der Waals surface area (Å²) in [6.07, 6.45) is -0.162. The fraction of sp³-hybridized carbons (Fsp3) is 0.400. The van der Waals surface area contributed by atoms with E-state index in [2.05, 4.69) is 22.5 Å². The number of carbonyl (C=O) groups is 2. The number of anilines is 1. The number of morpholine rings is 1. The Morgan fingerprint density at radius 2 is 2.13 bits per heavy atom. The van der Waals surface area contributed by atoms with Crippen LogP contribution in [-0.4, -0.2) is 47.5 Å². The molecule has 2 heterocycles. The highest BCUT2D eigenvalue weighted by Gasteiger charge is 2.27. The summed E-state index contributed by atoms with van der Waals surface area (Å²) in [5.74, 6) is -2.01. The second-order valence-electron chi connectivity index (χ2n) is 5.26. The van der Waals surface area contributed by atoms with E-state index < -0.39 is 17.0 Å². The van der Waals surface area contributed by atoms with Crippen LogP contribution in [0, 0.1) is 0 Å². The van der Waals surface area contributed by atoms with E-state index in [0.717, 1.165) is 29.0 Å². The lowest BCUT2D eigenvalue weighted by Gasteiger charge is -2.28. The number of thiol groups is 1. The smallest absolute Gasteiger partial charge is 0.313 e. The molecule has 1 aromatic heterocycles. The average Bonchev–Trinajstić information content (AvgIpc) is 2.96. The number of aromatic nitrogens is 1. The zero-order chi connectivity index (χ0) is 16.4. The molecule has 1 atom stereocenters. The van der Waals surface area contributed by atoms with Crippen molar-refractivity contribution >= 4 is 51.0 Å². The van der Waals surface area contributed by atoms with Gasteiger partial charge < -0.3 is 14.7 Å². The van der Waals surface area contributed by atoms with Crippen LogP contribution in [0.4, 0.5) is 5.69 Å². The second kappa shape index (κ2) is 6.86. The minimum Gasteiger partial charge on any atom is -0.481 e. The first kappa shape index (κ1) is 16.2. The zero-order valence-electron chi connectivity index (χ0n) is 12.3. The number of rotatable bonds is 5. The van der Waals surface area contributed by atoms with Crippen molar-refractivity contribution in [2.45, 2.75) is 12.3 Å². The molecular formula is C15H16N2O4S2. The van der Waals surface area contributed by atoms with Gasteiger partial charge in [0.25, 0.3) is 0 Å². The molecule has 0 amide bonds. The molecule has 8 heteroatoms. The van der Waals surface area contributed by atoms with E-state index >= 15 is 0 Å². The molecule has 23 heavy (non-hydrogen) atoms. The van der Waals surface area contributed by atoms with E-state index in [1.807, 2.05) is 18.2 Å². The first-order chi connectivity index (χ1) is 11.1. The molecule has 6 nitrogen and oxygen atoms in total. The van der Waals surface area contributed by atoms with E-state index in [4.69, 9.17) is 4.74 Å². The first-order valence-electron chi connectivity index (χ1n) is 7.23. The molecule has 1 fully saturated rings. The third-order valence-electron chi connectivity index (χ3n) is 3.74. The molecule has 1 N–H and O–H groups in total. The van der Waals surface area contributed by atoms with Crippen molar-refractivity contribution in [1.82, 2.24) is 4.98 Å². The predicted molar refractivity (Wildman–Crippen MR) is 91.6 cm³/mol. The lowest BCUT2D eigenvalue weighted by molar-refractivity contribution is -0.139. The Morgan fingerprint density at radius 3 is 2.78 bits per heavy atom. The topological polar surface area (TPSA) is 79.7 Å². The van der Waals surface area contributed by atoms with Gasteiger partial charge in [0.2, 0.25) is 0 Å². The van der Waals surface area contributed by atoms with Crippen molar-refractivity contribution < 1.29 is 19.4 Å². The number of para-hydroxylation sites is 1. The highest BCUT2D eigenvalue weighted by Crippen LogP contribution is 2.35. The SMILES string of the molecule is O=C(S)CC(C(=O)O)c1nc2c(N3CCOCC3)cccc2s1. The van der Waals surface area contributed by atoms with Gasteiger partial charge in [0, 0.05) is 19.5 Å². The number of thiazole rings is 1. The van der Waals surface area contributed by atoms with Gasteiger partial charge >= 0.3 is 5.97 Å². The Kier molecular flexibility index (Phi) is 4.84. The summed E-state index contributed by atoms with van der Waals surface area (Å²) < 4.78 is 6.29. The van der Waals surface area contributed by atoms with Crippen LogP contribution in [0.1, 0.15) is 17.3 Å². The maximum Gasteiger partial charge on any atom is 0.313 e. The van der Waals surface area contributed by atoms with Crippen LogP contribution in [-0.2, 0) is 14.3 Å². The standard InChI is InChI=1S/C15H16N2O4S2/c18-12(22)8-9(15(19)20)14-16-13-10(2-1-3-11(13)23-14)17-4-6-21-7-5-17/h1-3,9H,4-8H2,(H,18,22)(H,19,20). The molecule has 0 aliphatic carbocycles. The molecule has 0 bridgehead atoms. The molecule has 122 valence electrons. The lowest BCUT2D eigenvalue weighted by atomic mass is 10.1. The quantitative estimate of drug-likeness (QED) is 0.803. The molecule has 0 spiro atoms. The number of carboxylic acids is 1. The van der Waals surface area contributed by atoms with E-state index in [9.17, 15) is 14.7 Å². The largest absolute Gasteiger partial charge is 0.481 e. The lowest BCUT2D eigenvalue weighted by Crippen LogP contribution is -2.36. The summed E-state index contributed by atoms with van der Waals surface area (Å²) in [6, 6.07) is 5.84. The fourth-order valence-corrected chi connectivity index (χ4v) is 3.88. The van der Waals surface area contributed by atoms with Gasteiger partial charge in [-0.15, -0.1) is 24.0 Å². The molecule has 0 saturated carbocycles. The number of benzene rings is 1. The van der Waals surface area contributed by atoms with Crippen LogP contribution in [0.5, 0.6) is 0 Å². The van der Waals surface area contributed by atoms with Crippen molar-refractivity contribution in [1.29, 1.82) is 0 Å². The Hall–Kier alpha value is -1.64. The van der Waals surface area contributed by atoms with Crippen LogP contribution in [0.3, 0.4) is 0 Å². The predicted octanol–water partition coefficient (Wildman–Crippen LogP) is 2.15. The summed E-state index contributed by atoms with van der Waals surface area (Å²) in [4.78, 5) is 29.4.